The maximum atomic E-state index is 2.44. The molecule has 0 fully saturated rings. The van der Waals surface area contributed by atoms with Gasteiger partial charge in [-0.25, -0.2) is 0 Å². The number of nitrogens with zero attached hydrogens (tertiary/aromatic N) is 1. The SMILES string of the molecule is c1ccc(-c2ccc(-c3ccc(N(c4ccc(-c5ccccc5-c5cc6ccccc6c6ccccc56)cc4)c4cccc5sc6c7ccccc7ccc6c45)cc3)cc2)cc1. The van der Waals surface area contributed by atoms with Crippen LogP contribution in [0.15, 0.2) is 237 Å². The highest BCUT2D eigenvalue weighted by Gasteiger charge is 2.20. The van der Waals surface area contributed by atoms with E-state index in [1.807, 2.05) is 11.3 Å². The largest absolute Gasteiger partial charge is 0.310 e. The first-order chi connectivity index (χ1) is 30.7. The summed E-state index contributed by atoms with van der Waals surface area (Å²) in [4.78, 5) is 2.44. The van der Waals surface area contributed by atoms with Crippen molar-refractivity contribution in [3.63, 3.8) is 0 Å². The minimum atomic E-state index is 1.11. The molecule has 0 spiro atoms. The molecule has 12 aromatic rings. The lowest BCUT2D eigenvalue weighted by Crippen LogP contribution is -2.10. The fourth-order valence-electron chi connectivity index (χ4n) is 9.47. The molecule has 1 aromatic heterocycles. The van der Waals surface area contributed by atoms with E-state index in [0.29, 0.717) is 0 Å². The molecule has 0 aliphatic rings. The first-order valence-corrected chi connectivity index (χ1v) is 22.1. The number of hydrogen-bond acceptors (Lipinski definition) is 2. The van der Waals surface area contributed by atoms with E-state index in [2.05, 4.69) is 241 Å². The zero-order valence-corrected chi connectivity index (χ0v) is 34.7. The van der Waals surface area contributed by atoms with Gasteiger partial charge in [0.05, 0.1) is 5.69 Å². The lowest BCUT2D eigenvalue weighted by Gasteiger charge is -2.27. The second-order valence-electron chi connectivity index (χ2n) is 16.0. The van der Waals surface area contributed by atoms with Crippen LogP contribution in [-0.2, 0) is 0 Å². The molecule has 1 heterocycles. The van der Waals surface area contributed by atoms with Crippen LogP contribution in [0.5, 0.6) is 0 Å². The Morgan fingerprint density at radius 3 is 1.53 bits per heavy atom. The number of fused-ring (bicyclic) bond motifs is 8. The van der Waals surface area contributed by atoms with E-state index < -0.39 is 0 Å². The van der Waals surface area contributed by atoms with E-state index in [9.17, 15) is 0 Å². The van der Waals surface area contributed by atoms with Gasteiger partial charge in [-0.15, -0.1) is 11.3 Å². The van der Waals surface area contributed by atoms with Crippen LogP contribution in [-0.4, -0.2) is 0 Å². The average Bonchev–Trinajstić information content (AvgIpc) is 3.75. The lowest BCUT2D eigenvalue weighted by molar-refractivity contribution is 1.30. The molecule has 0 aliphatic heterocycles. The third-order valence-electron chi connectivity index (χ3n) is 12.5. The Bertz CT molecular complexity index is 3600. The minimum absolute atomic E-state index is 1.11. The molecule has 0 amide bonds. The summed E-state index contributed by atoms with van der Waals surface area (Å²) in [6.07, 6.45) is 0. The van der Waals surface area contributed by atoms with E-state index in [1.54, 1.807) is 0 Å². The molecule has 0 unspecified atom stereocenters. The van der Waals surface area contributed by atoms with Crippen LogP contribution >= 0.6 is 11.3 Å². The second kappa shape index (κ2) is 15.0. The van der Waals surface area contributed by atoms with Crippen LogP contribution in [0, 0.1) is 0 Å². The summed E-state index contributed by atoms with van der Waals surface area (Å²) in [6, 6.07) is 86.6. The highest BCUT2D eigenvalue weighted by molar-refractivity contribution is 7.26. The number of thiophene rings is 1. The summed E-state index contributed by atoms with van der Waals surface area (Å²) < 4.78 is 2.61. The van der Waals surface area contributed by atoms with Gasteiger partial charge in [-0.1, -0.05) is 194 Å². The summed E-state index contributed by atoms with van der Waals surface area (Å²) in [7, 11) is 0. The van der Waals surface area contributed by atoms with Crippen molar-refractivity contribution in [3.8, 4) is 44.5 Å². The highest BCUT2D eigenvalue weighted by atomic mass is 32.1. The van der Waals surface area contributed by atoms with Crippen molar-refractivity contribution < 1.29 is 0 Å². The number of benzene rings is 11. The molecule has 0 bridgehead atoms. The standard InChI is InChI=1S/C60H39NS/c1-2-13-40(14-3-1)41-25-27-42(28-26-41)43-29-34-47(35-30-43)61(57-23-12-24-58-59(57)55-38-33-44-15-4-7-19-51(44)60(55)62-58)48-36-31-45(32-37-48)49-17-8-9-21-53(49)56-39-46-16-5-6-18-50(46)52-20-10-11-22-54(52)56/h1-39H. The van der Waals surface area contributed by atoms with Crippen molar-refractivity contribution in [1.82, 2.24) is 0 Å². The Kier molecular flexibility index (Phi) is 8.76. The van der Waals surface area contributed by atoms with Crippen LogP contribution in [0.3, 0.4) is 0 Å². The van der Waals surface area contributed by atoms with Crippen LogP contribution in [0.25, 0.3) is 97.0 Å². The molecule has 0 radical (unpaired) electrons. The predicted octanol–water partition coefficient (Wildman–Crippen LogP) is 17.7. The molecule has 1 nitrogen and oxygen atoms in total. The molecule has 290 valence electrons. The van der Waals surface area contributed by atoms with E-state index >= 15 is 0 Å². The van der Waals surface area contributed by atoms with Crippen molar-refractivity contribution in [1.29, 1.82) is 0 Å². The molecule has 62 heavy (non-hydrogen) atoms. The zero-order valence-electron chi connectivity index (χ0n) is 33.9. The normalized spacial score (nSPS) is 11.5. The van der Waals surface area contributed by atoms with Gasteiger partial charge in [-0.05, 0) is 119 Å². The van der Waals surface area contributed by atoms with Gasteiger partial charge in [0, 0.05) is 31.5 Å². The van der Waals surface area contributed by atoms with Crippen LogP contribution in [0.1, 0.15) is 0 Å². The molecule has 0 N–H and O–H groups in total. The predicted molar refractivity (Wildman–Crippen MR) is 268 cm³/mol. The molecule has 2 heteroatoms. The third kappa shape index (κ3) is 6.15. The molecule has 0 atom stereocenters. The number of anilines is 3. The maximum Gasteiger partial charge on any atom is 0.0554 e. The fourth-order valence-corrected chi connectivity index (χ4v) is 10.7. The first-order valence-electron chi connectivity index (χ1n) is 21.2. The quantitative estimate of drug-likeness (QED) is 0.145. The lowest BCUT2D eigenvalue weighted by atomic mass is 9.89. The molecule has 11 aromatic carbocycles. The highest BCUT2D eigenvalue weighted by Crippen LogP contribution is 2.47. The van der Waals surface area contributed by atoms with Crippen molar-refractivity contribution in [3.05, 3.63) is 237 Å². The Hall–Kier alpha value is -7.78. The van der Waals surface area contributed by atoms with Crippen molar-refractivity contribution in [2.24, 2.45) is 0 Å². The maximum absolute atomic E-state index is 2.44. The van der Waals surface area contributed by atoms with Gasteiger partial charge in [-0.3, -0.25) is 0 Å². The van der Waals surface area contributed by atoms with Gasteiger partial charge in [0.25, 0.3) is 0 Å². The third-order valence-corrected chi connectivity index (χ3v) is 13.7. The summed E-state index contributed by atoms with van der Waals surface area (Å²) in [5.41, 5.74) is 13.1. The van der Waals surface area contributed by atoms with Gasteiger partial charge in [0.2, 0.25) is 0 Å². The average molecular weight is 806 g/mol. The van der Waals surface area contributed by atoms with Gasteiger partial charge in [-0.2, -0.15) is 0 Å². The number of hydrogen-bond donors (Lipinski definition) is 0. The van der Waals surface area contributed by atoms with E-state index in [1.165, 1.54) is 103 Å². The summed E-state index contributed by atoms with van der Waals surface area (Å²) in [6.45, 7) is 0. The number of rotatable bonds is 7. The smallest absolute Gasteiger partial charge is 0.0554 e. The monoisotopic (exact) mass is 805 g/mol. The van der Waals surface area contributed by atoms with Crippen molar-refractivity contribution >= 4 is 80.9 Å². The summed E-state index contributed by atoms with van der Waals surface area (Å²) in [5.74, 6) is 0. The van der Waals surface area contributed by atoms with Gasteiger partial charge in [0.15, 0.2) is 0 Å². The topological polar surface area (TPSA) is 3.24 Å². The van der Waals surface area contributed by atoms with E-state index in [4.69, 9.17) is 0 Å². The Balaban J connectivity index is 0.987. The van der Waals surface area contributed by atoms with Crippen LogP contribution < -0.4 is 4.90 Å². The van der Waals surface area contributed by atoms with E-state index in [0.717, 1.165) is 11.4 Å². The van der Waals surface area contributed by atoms with Gasteiger partial charge < -0.3 is 4.90 Å². The molecule has 0 saturated heterocycles. The van der Waals surface area contributed by atoms with Crippen LogP contribution in [0.2, 0.25) is 0 Å². The molecule has 0 saturated carbocycles. The molecule has 12 rings (SSSR count). The first kappa shape index (κ1) is 36.1. The molecule has 0 aliphatic carbocycles. The zero-order chi connectivity index (χ0) is 41.0. The van der Waals surface area contributed by atoms with Crippen molar-refractivity contribution in [2.75, 3.05) is 4.90 Å². The van der Waals surface area contributed by atoms with Gasteiger partial charge in [0.1, 0.15) is 0 Å². The molecular weight excluding hydrogens is 767 g/mol. The fraction of sp³-hybridized carbons (Fsp3) is 0. The minimum Gasteiger partial charge on any atom is -0.310 e. The summed E-state index contributed by atoms with van der Waals surface area (Å²) in [5, 5.41) is 10.2. The Morgan fingerprint density at radius 2 is 0.823 bits per heavy atom. The van der Waals surface area contributed by atoms with E-state index in [-0.39, 0.29) is 0 Å². The molecular formula is C60H39NS. The van der Waals surface area contributed by atoms with Gasteiger partial charge >= 0.3 is 0 Å². The second-order valence-corrected chi connectivity index (χ2v) is 17.1. The van der Waals surface area contributed by atoms with Crippen molar-refractivity contribution in [2.45, 2.75) is 0 Å². The Labute approximate surface area is 365 Å². The van der Waals surface area contributed by atoms with Crippen LogP contribution in [0.4, 0.5) is 17.1 Å². The summed E-state index contributed by atoms with van der Waals surface area (Å²) >= 11 is 1.89. The Morgan fingerprint density at radius 1 is 0.290 bits per heavy atom.